The van der Waals surface area contributed by atoms with E-state index in [1.807, 2.05) is 37.3 Å². The van der Waals surface area contributed by atoms with Gasteiger partial charge < -0.3 is 0 Å². The molecule has 1 heterocycles. The van der Waals surface area contributed by atoms with Crippen molar-refractivity contribution in [1.29, 1.82) is 0 Å². The molecular formula is C15H10Cl2N2. The van der Waals surface area contributed by atoms with Crippen LogP contribution in [0.3, 0.4) is 0 Å². The molecule has 94 valence electrons. The Bertz CT molecular complexity index is 755. The lowest BCUT2D eigenvalue weighted by Crippen LogP contribution is -1.94. The van der Waals surface area contributed by atoms with Crippen LogP contribution in [0.4, 0.5) is 0 Å². The van der Waals surface area contributed by atoms with Crippen molar-refractivity contribution < 1.29 is 0 Å². The maximum atomic E-state index is 6.03. The highest BCUT2D eigenvalue weighted by Gasteiger charge is 2.09. The van der Waals surface area contributed by atoms with E-state index in [-0.39, 0.29) is 0 Å². The fourth-order valence-electron chi connectivity index (χ4n) is 2.01. The first-order valence-corrected chi connectivity index (χ1v) is 6.59. The van der Waals surface area contributed by atoms with Crippen molar-refractivity contribution in [2.45, 2.75) is 6.92 Å². The van der Waals surface area contributed by atoms with Gasteiger partial charge >= 0.3 is 0 Å². The van der Waals surface area contributed by atoms with Gasteiger partial charge in [0.2, 0.25) is 0 Å². The molecule has 0 aliphatic rings. The SMILES string of the molecule is Cc1nc2cc(Cl)c(Cl)cc2nc1-c1ccccc1. The monoisotopic (exact) mass is 288 g/mol. The highest BCUT2D eigenvalue weighted by Crippen LogP contribution is 2.28. The van der Waals surface area contributed by atoms with Crippen LogP contribution in [0.1, 0.15) is 5.69 Å². The Morgan fingerprint density at radius 2 is 1.42 bits per heavy atom. The van der Waals surface area contributed by atoms with Crippen LogP contribution in [0.2, 0.25) is 10.0 Å². The summed E-state index contributed by atoms with van der Waals surface area (Å²) in [4.78, 5) is 9.19. The van der Waals surface area contributed by atoms with Crippen LogP contribution in [0.25, 0.3) is 22.3 Å². The molecule has 0 spiro atoms. The summed E-state index contributed by atoms with van der Waals surface area (Å²) >= 11 is 12.0. The molecule has 0 aliphatic heterocycles. The summed E-state index contributed by atoms with van der Waals surface area (Å²) in [5, 5.41) is 0.988. The van der Waals surface area contributed by atoms with Gasteiger partial charge in [-0.1, -0.05) is 53.5 Å². The third-order valence-corrected chi connectivity index (χ3v) is 3.65. The van der Waals surface area contributed by atoms with Crippen molar-refractivity contribution in [3.8, 4) is 11.3 Å². The molecule has 0 saturated carbocycles. The maximum Gasteiger partial charge on any atom is 0.0922 e. The molecule has 3 aromatic rings. The molecular weight excluding hydrogens is 279 g/mol. The molecule has 3 rings (SSSR count). The van der Waals surface area contributed by atoms with Gasteiger partial charge in [0.25, 0.3) is 0 Å². The van der Waals surface area contributed by atoms with Gasteiger partial charge in [0.15, 0.2) is 0 Å². The van der Waals surface area contributed by atoms with Crippen LogP contribution < -0.4 is 0 Å². The first kappa shape index (κ1) is 12.4. The Kier molecular flexibility index (Phi) is 3.13. The van der Waals surface area contributed by atoms with Gasteiger partial charge in [-0.2, -0.15) is 0 Å². The second-order valence-electron chi connectivity index (χ2n) is 4.28. The van der Waals surface area contributed by atoms with E-state index in [9.17, 15) is 0 Å². The van der Waals surface area contributed by atoms with Crippen LogP contribution in [-0.4, -0.2) is 9.97 Å². The summed E-state index contributed by atoms with van der Waals surface area (Å²) in [6.07, 6.45) is 0. The molecule has 0 radical (unpaired) electrons. The minimum atomic E-state index is 0.492. The summed E-state index contributed by atoms with van der Waals surface area (Å²) in [6, 6.07) is 13.5. The van der Waals surface area contributed by atoms with Gasteiger partial charge in [-0.3, -0.25) is 0 Å². The number of rotatable bonds is 1. The zero-order valence-corrected chi connectivity index (χ0v) is 11.7. The number of aryl methyl sites for hydroxylation is 1. The maximum absolute atomic E-state index is 6.03. The molecule has 0 aliphatic carbocycles. The normalized spacial score (nSPS) is 10.9. The second-order valence-corrected chi connectivity index (χ2v) is 5.09. The van der Waals surface area contributed by atoms with Crippen LogP contribution in [0, 0.1) is 6.92 Å². The van der Waals surface area contributed by atoms with Gasteiger partial charge in [0.1, 0.15) is 0 Å². The largest absolute Gasteiger partial charge is 0.249 e. The van der Waals surface area contributed by atoms with Crippen molar-refractivity contribution in [3.05, 3.63) is 58.2 Å². The lowest BCUT2D eigenvalue weighted by atomic mass is 10.1. The van der Waals surface area contributed by atoms with Crippen LogP contribution >= 0.6 is 23.2 Å². The van der Waals surface area contributed by atoms with Gasteiger partial charge in [-0.25, -0.2) is 9.97 Å². The third kappa shape index (κ3) is 2.29. The topological polar surface area (TPSA) is 25.8 Å². The lowest BCUT2D eigenvalue weighted by molar-refractivity contribution is 1.19. The standard InChI is InChI=1S/C15H10Cl2N2/c1-9-15(10-5-3-2-4-6-10)19-14-8-12(17)11(16)7-13(14)18-9/h2-8H,1H3. The molecule has 0 bridgehead atoms. The molecule has 0 atom stereocenters. The van der Waals surface area contributed by atoms with Crippen LogP contribution in [0.15, 0.2) is 42.5 Å². The summed E-state index contributed by atoms with van der Waals surface area (Å²) < 4.78 is 0. The zero-order valence-electron chi connectivity index (χ0n) is 10.2. The minimum absolute atomic E-state index is 0.492. The molecule has 0 amide bonds. The average molecular weight is 289 g/mol. The van der Waals surface area contributed by atoms with E-state index in [0.29, 0.717) is 10.0 Å². The van der Waals surface area contributed by atoms with Crippen molar-refractivity contribution in [2.24, 2.45) is 0 Å². The number of fused-ring (bicyclic) bond motifs is 1. The first-order valence-electron chi connectivity index (χ1n) is 5.84. The highest BCUT2D eigenvalue weighted by molar-refractivity contribution is 6.42. The summed E-state index contributed by atoms with van der Waals surface area (Å²) in [6.45, 7) is 1.94. The quantitative estimate of drug-likeness (QED) is 0.636. The molecule has 0 fully saturated rings. The third-order valence-electron chi connectivity index (χ3n) is 2.93. The van der Waals surface area contributed by atoms with E-state index in [2.05, 4.69) is 9.97 Å². The van der Waals surface area contributed by atoms with Gasteiger partial charge in [-0.05, 0) is 19.1 Å². The Morgan fingerprint density at radius 1 is 0.842 bits per heavy atom. The smallest absolute Gasteiger partial charge is 0.0922 e. The summed E-state index contributed by atoms with van der Waals surface area (Å²) in [7, 11) is 0. The van der Waals surface area contributed by atoms with E-state index in [4.69, 9.17) is 23.2 Å². The lowest BCUT2D eigenvalue weighted by Gasteiger charge is -2.07. The van der Waals surface area contributed by atoms with Crippen molar-refractivity contribution in [3.63, 3.8) is 0 Å². The van der Waals surface area contributed by atoms with E-state index in [0.717, 1.165) is 28.0 Å². The van der Waals surface area contributed by atoms with Crippen molar-refractivity contribution in [2.75, 3.05) is 0 Å². The molecule has 19 heavy (non-hydrogen) atoms. The molecule has 0 saturated heterocycles. The summed E-state index contributed by atoms with van der Waals surface area (Å²) in [5.74, 6) is 0. The number of aromatic nitrogens is 2. The summed E-state index contributed by atoms with van der Waals surface area (Å²) in [5.41, 5.74) is 4.29. The van der Waals surface area contributed by atoms with Crippen molar-refractivity contribution in [1.82, 2.24) is 9.97 Å². The average Bonchev–Trinajstić information content (AvgIpc) is 2.41. The van der Waals surface area contributed by atoms with Gasteiger partial charge in [0, 0.05) is 5.56 Å². The molecule has 1 aromatic heterocycles. The van der Waals surface area contributed by atoms with Crippen LogP contribution in [-0.2, 0) is 0 Å². The Labute approximate surface area is 121 Å². The fourth-order valence-corrected chi connectivity index (χ4v) is 2.33. The van der Waals surface area contributed by atoms with Gasteiger partial charge in [-0.15, -0.1) is 0 Å². The van der Waals surface area contributed by atoms with E-state index < -0.39 is 0 Å². The Balaban J connectivity index is 2.27. The number of halogens is 2. The molecule has 0 unspecified atom stereocenters. The number of benzene rings is 2. The van der Waals surface area contributed by atoms with Crippen LogP contribution in [0.5, 0.6) is 0 Å². The molecule has 2 nitrogen and oxygen atoms in total. The number of hydrogen-bond acceptors (Lipinski definition) is 2. The van der Waals surface area contributed by atoms with E-state index in [1.54, 1.807) is 12.1 Å². The molecule has 2 aromatic carbocycles. The Morgan fingerprint density at radius 3 is 2.05 bits per heavy atom. The minimum Gasteiger partial charge on any atom is -0.249 e. The van der Waals surface area contributed by atoms with E-state index >= 15 is 0 Å². The predicted octanol–water partition coefficient (Wildman–Crippen LogP) is 4.91. The molecule has 4 heteroatoms. The Hall–Kier alpha value is -1.64. The first-order chi connectivity index (χ1) is 9.15. The zero-order chi connectivity index (χ0) is 13.4. The fraction of sp³-hybridized carbons (Fsp3) is 0.0667. The molecule has 0 N–H and O–H groups in total. The van der Waals surface area contributed by atoms with Crippen molar-refractivity contribution >= 4 is 34.2 Å². The highest BCUT2D eigenvalue weighted by atomic mass is 35.5. The number of hydrogen-bond donors (Lipinski definition) is 0. The predicted molar refractivity (Wildman–Crippen MR) is 79.7 cm³/mol. The van der Waals surface area contributed by atoms with E-state index in [1.165, 1.54) is 0 Å². The van der Waals surface area contributed by atoms with Gasteiger partial charge in [0.05, 0.1) is 32.5 Å². The second kappa shape index (κ2) is 4.80. The number of nitrogens with zero attached hydrogens (tertiary/aromatic N) is 2.